The van der Waals surface area contributed by atoms with E-state index in [-0.39, 0.29) is 19.2 Å². The lowest BCUT2D eigenvalue weighted by atomic mass is 10.0. The van der Waals surface area contributed by atoms with Crippen molar-refractivity contribution in [2.24, 2.45) is 0 Å². The van der Waals surface area contributed by atoms with Gasteiger partial charge in [0.25, 0.3) is 5.91 Å². The fraction of sp³-hybridized carbons (Fsp3) is 0.241. The van der Waals surface area contributed by atoms with E-state index in [1.165, 1.54) is 23.3 Å². The largest absolute Gasteiger partial charge is 0.465 e. The van der Waals surface area contributed by atoms with Crippen LogP contribution in [0.5, 0.6) is 11.5 Å². The first-order valence-corrected chi connectivity index (χ1v) is 13.8. The second kappa shape index (κ2) is 10.7. The third-order valence-electron chi connectivity index (χ3n) is 7.19. The topological polar surface area (TPSA) is 133 Å². The van der Waals surface area contributed by atoms with Gasteiger partial charge in [0.2, 0.25) is 0 Å². The average molecular weight is 574 g/mol. The Morgan fingerprint density at radius 2 is 1.90 bits per heavy atom. The Morgan fingerprint density at radius 1 is 1.10 bits per heavy atom. The molecular formula is C29H27N5O6S. The minimum Gasteiger partial charge on any atom is -0.465 e. The highest BCUT2D eigenvalue weighted by molar-refractivity contribution is 7.21. The number of hydrogen-bond donors (Lipinski definition) is 3. The maximum absolute atomic E-state index is 13.5. The number of carboxylic acid groups (broad SMARTS) is 1. The number of nitrogens with one attached hydrogen (secondary N) is 2. The molecule has 4 heterocycles. The fourth-order valence-electron chi connectivity index (χ4n) is 5.29. The number of aromatic nitrogens is 1. The molecule has 210 valence electrons. The molecule has 2 aromatic heterocycles. The van der Waals surface area contributed by atoms with Gasteiger partial charge in [0.05, 0.1) is 35.1 Å². The van der Waals surface area contributed by atoms with Gasteiger partial charge in [-0.25, -0.2) is 14.6 Å². The number of piperidine rings is 1. The monoisotopic (exact) mass is 573 g/mol. The van der Waals surface area contributed by atoms with E-state index in [9.17, 15) is 19.5 Å². The van der Waals surface area contributed by atoms with Crippen LogP contribution in [0.3, 0.4) is 0 Å². The molecule has 0 spiro atoms. The van der Waals surface area contributed by atoms with E-state index in [2.05, 4.69) is 15.6 Å². The smallest absolute Gasteiger partial charge is 0.407 e. The van der Waals surface area contributed by atoms with Crippen LogP contribution in [0.15, 0.2) is 60.8 Å². The number of rotatable bonds is 6. The van der Waals surface area contributed by atoms with Crippen LogP contribution in [0.2, 0.25) is 0 Å². The Labute approximate surface area is 239 Å². The second-order valence-corrected chi connectivity index (χ2v) is 10.9. The number of amides is 4. The number of pyridine rings is 1. The van der Waals surface area contributed by atoms with E-state index in [1.807, 2.05) is 49.4 Å². The molecule has 1 saturated heterocycles. The van der Waals surface area contributed by atoms with Gasteiger partial charge >= 0.3 is 12.1 Å². The molecule has 0 aliphatic carbocycles. The maximum Gasteiger partial charge on any atom is 0.407 e. The first-order valence-electron chi connectivity index (χ1n) is 13.0. The Hall–Kier alpha value is -4.68. The van der Waals surface area contributed by atoms with Crippen molar-refractivity contribution in [2.75, 3.05) is 30.4 Å². The molecule has 4 aromatic rings. The van der Waals surface area contributed by atoms with Gasteiger partial charge in [-0.15, -0.1) is 11.3 Å². The summed E-state index contributed by atoms with van der Waals surface area (Å²) < 4.78 is 11.3. The van der Waals surface area contributed by atoms with Gasteiger partial charge in [-0.1, -0.05) is 18.2 Å². The number of anilines is 3. The number of ether oxygens (including phenoxy) is 2. The molecule has 11 nitrogen and oxygen atoms in total. The van der Waals surface area contributed by atoms with E-state index in [4.69, 9.17) is 9.47 Å². The van der Waals surface area contributed by atoms with E-state index in [0.29, 0.717) is 50.1 Å². The predicted molar refractivity (Wildman–Crippen MR) is 155 cm³/mol. The van der Waals surface area contributed by atoms with Crippen LogP contribution in [0.25, 0.3) is 10.2 Å². The van der Waals surface area contributed by atoms with Gasteiger partial charge in [-0.3, -0.25) is 9.69 Å². The summed E-state index contributed by atoms with van der Waals surface area (Å²) in [5, 5.41) is 16.0. The standard InChI is InChI=1S/C29H27N5O6S/c1-16-12-19(40-18-6-4-3-5-7-18)8-9-21(16)34-22-10-11-30-27-23(22)24(32-28(34)36)25(41-27)26(35)31-17-13-20(39-2)15-33(14-17)29(37)38/h3-12,17,20H,13-15H2,1-2H3,(H,31,35)(H,32,36)(H,37,38). The first-order chi connectivity index (χ1) is 19.8. The van der Waals surface area contributed by atoms with Crippen molar-refractivity contribution in [1.29, 1.82) is 0 Å². The number of likely N-dealkylation sites (tertiary alicyclic amines) is 1. The maximum atomic E-state index is 13.5. The highest BCUT2D eigenvalue weighted by atomic mass is 32.1. The van der Waals surface area contributed by atoms with Crippen molar-refractivity contribution >= 4 is 56.6 Å². The quantitative estimate of drug-likeness (QED) is 0.274. The van der Waals surface area contributed by atoms with E-state index >= 15 is 0 Å². The Kier molecular flexibility index (Phi) is 6.93. The lowest BCUT2D eigenvalue weighted by Gasteiger charge is -2.35. The van der Waals surface area contributed by atoms with Crippen LogP contribution < -0.4 is 20.3 Å². The summed E-state index contributed by atoms with van der Waals surface area (Å²) in [5.41, 5.74) is 2.49. The highest BCUT2D eigenvalue weighted by Crippen LogP contribution is 2.46. The van der Waals surface area contributed by atoms with Crippen LogP contribution >= 0.6 is 11.3 Å². The molecule has 2 unspecified atom stereocenters. The number of methoxy groups -OCH3 is 1. The number of para-hydroxylation sites is 1. The molecule has 2 aliphatic rings. The normalized spacial score (nSPS) is 18.2. The van der Waals surface area contributed by atoms with Crippen LogP contribution in [-0.4, -0.2) is 65.4 Å². The molecule has 0 saturated carbocycles. The molecule has 2 aromatic carbocycles. The van der Waals surface area contributed by atoms with Crippen molar-refractivity contribution in [3.63, 3.8) is 0 Å². The molecule has 2 atom stereocenters. The molecule has 2 aliphatic heterocycles. The zero-order chi connectivity index (χ0) is 28.7. The average Bonchev–Trinajstić information content (AvgIpc) is 3.33. The summed E-state index contributed by atoms with van der Waals surface area (Å²) >= 11 is 1.17. The number of nitrogens with zero attached hydrogens (tertiary/aromatic N) is 3. The zero-order valence-electron chi connectivity index (χ0n) is 22.3. The van der Waals surface area contributed by atoms with Crippen LogP contribution in [0.1, 0.15) is 21.7 Å². The molecular weight excluding hydrogens is 546 g/mol. The second-order valence-electron chi connectivity index (χ2n) is 9.90. The Morgan fingerprint density at radius 3 is 2.63 bits per heavy atom. The molecule has 12 heteroatoms. The highest BCUT2D eigenvalue weighted by Gasteiger charge is 2.35. The van der Waals surface area contributed by atoms with Gasteiger partial charge in [0.15, 0.2) is 0 Å². The van der Waals surface area contributed by atoms with Crippen LogP contribution in [0, 0.1) is 6.92 Å². The van der Waals surface area contributed by atoms with Crippen molar-refractivity contribution in [3.05, 3.63) is 71.2 Å². The minimum absolute atomic E-state index is 0.147. The van der Waals surface area contributed by atoms with E-state index < -0.39 is 24.1 Å². The molecule has 6 rings (SSSR count). The van der Waals surface area contributed by atoms with Crippen molar-refractivity contribution in [3.8, 4) is 11.5 Å². The number of aryl methyl sites for hydroxylation is 1. The number of benzene rings is 2. The van der Waals surface area contributed by atoms with Gasteiger partial charge in [0.1, 0.15) is 21.2 Å². The van der Waals surface area contributed by atoms with Crippen LogP contribution in [0.4, 0.5) is 26.7 Å². The fourth-order valence-corrected chi connectivity index (χ4v) is 6.31. The van der Waals surface area contributed by atoms with E-state index in [1.54, 1.807) is 23.2 Å². The summed E-state index contributed by atoms with van der Waals surface area (Å²) in [6.45, 7) is 2.29. The predicted octanol–water partition coefficient (Wildman–Crippen LogP) is 5.58. The Bertz CT molecular complexity index is 1660. The third-order valence-corrected chi connectivity index (χ3v) is 8.29. The number of hydrogen-bond acceptors (Lipinski definition) is 7. The lowest BCUT2D eigenvalue weighted by Crippen LogP contribution is -2.54. The van der Waals surface area contributed by atoms with Crippen LogP contribution in [-0.2, 0) is 4.74 Å². The molecule has 4 amide bonds. The van der Waals surface area contributed by atoms with Gasteiger partial charge in [-0.2, -0.15) is 0 Å². The zero-order valence-corrected chi connectivity index (χ0v) is 23.1. The lowest BCUT2D eigenvalue weighted by molar-refractivity contribution is 0.0203. The summed E-state index contributed by atoms with van der Waals surface area (Å²) in [6.07, 6.45) is 0.682. The summed E-state index contributed by atoms with van der Waals surface area (Å²) in [4.78, 5) is 46.7. The molecule has 0 bridgehead atoms. The number of carbonyl (C=O) groups is 3. The summed E-state index contributed by atoms with van der Waals surface area (Å²) in [6, 6.07) is 15.8. The molecule has 41 heavy (non-hydrogen) atoms. The molecule has 0 radical (unpaired) electrons. The molecule has 3 N–H and O–H groups in total. The molecule has 1 fully saturated rings. The Balaban J connectivity index is 1.30. The summed E-state index contributed by atoms with van der Waals surface area (Å²) in [7, 11) is 1.52. The van der Waals surface area contributed by atoms with E-state index in [0.717, 1.165) is 5.56 Å². The van der Waals surface area contributed by atoms with Crippen molar-refractivity contribution < 1.29 is 29.0 Å². The van der Waals surface area contributed by atoms with Crippen molar-refractivity contribution in [2.45, 2.75) is 25.5 Å². The van der Waals surface area contributed by atoms with Gasteiger partial charge < -0.3 is 30.1 Å². The number of carbonyl (C=O) groups excluding carboxylic acids is 2. The van der Waals surface area contributed by atoms with Gasteiger partial charge in [-0.05, 0) is 55.3 Å². The third kappa shape index (κ3) is 5.03. The SMILES string of the molecule is COC1CC(NC(=O)c2sc3nccc4c3c2NC(=O)N4c2ccc(Oc3ccccc3)cc2C)CN(C(=O)O)C1. The first kappa shape index (κ1) is 26.5. The summed E-state index contributed by atoms with van der Waals surface area (Å²) in [5.74, 6) is 0.944. The van der Waals surface area contributed by atoms with Crippen molar-refractivity contribution in [1.82, 2.24) is 15.2 Å². The number of thiophene rings is 1. The number of urea groups is 1. The van der Waals surface area contributed by atoms with Gasteiger partial charge in [0, 0.05) is 25.9 Å². The minimum atomic E-state index is -1.07.